The first-order chi connectivity index (χ1) is 9.13. The van der Waals surface area contributed by atoms with Gasteiger partial charge in [-0.15, -0.1) is 0 Å². The van der Waals surface area contributed by atoms with Gasteiger partial charge in [0.2, 0.25) is 5.91 Å². The predicted octanol–water partition coefficient (Wildman–Crippen LogP) is 0.414. The second kappa shape index (κ2) is 4.60. The monoisotopic (exact) mass is 262 g/mol. The van der Waals surface area contributed by atoms with Gasteiger partial charge < -0.3 is 20.9 Å². The van der Waals surface area contributed by atoms with Crippen molar-refractivity contribution in [3.63, 3.8) is 0 Å². The van der Waals surface area contributed by atoms with E-state index in [-0.39, 0.29) is 18.4 Å². The molecule has 1 aromatic rings. The minimum atomic E-state index is -0.241. The molecule has 0 radical (unpaired) electrons. The van der Waals surface area contributed by atoms with E-state index in [0.29, 0.717) is 23.5 Å². The number of nitrogen functional groups attached to an aromatic ring is 1. The van der Waals surface area contributed by atoms with E-state index >= 15 is 0 Å². The summed E-state index contributed by atoms with van der Waals surface area (Å²) in [6.07, 6.45) is 6.03. The van der Waals surface area contributed by atoms with Crippen LogP contribution in [0.2, 0.25) is 0 Å². The molecule has 4 N–H and O–H groups in total. The highest BCUT2D eigenvalue weighted by molar-refractivity contribution is 5.96. The van der Waals surface area contributed by atoms with Gasteiger partial charge in [0, 0.05) is 18.3 Å². The summed E-state index contributed by atoms with van der Waals surface area (Å²) >= 11 is 0. The molecule has 0 unspecified atom stereocenters. The van der Waals surface area contributed by atoms with E-state index in [1.165, 1.54) is 0 Å². The van der Waals surface area contributed by atoms with Gasteiger partial charge >= 0.3 is 0 Å². The van der Waals surface area contributed by atoms with Gasteiger partial charge in [-0.1, -0.05) is 0 Å². The Balaban J connectivity index is 1.58. The number of amides is 2. The standard InChI is InChI=1S/C13H18N4O2/c14-8-5-11(17(7-8)10-3-4-10)13(19)15-6-12(18)16-9-1-2-9/h5,7,9-10H,1-4,6,14H2,(H,15,19)(H,16,18). The zero-order chi connectivity index (χ0) is 13.4. The second-order valence-corrected chi connectivity index (χ2v) is 5.32. The highest BCUT2D eigenvalue weighted by atomic mass is 16.2. The molecule has 3 rings (SSSR count). The summed E-state index contributed by atoms with van der Waals surface area (Å²) in [5.41, 5.74) is 6.86. The summed E-state index contributed by atoms with van der Waals surface area (Å²) in [6, 6.07) is 2.36. The molecule has 6 nitrogen and oxygen atoms in total. The lowest BCUT2D eigenvalue weighted by atomic mass is 10.3. The van der Waals surface area contributed by atoms with Crippen LogP contribution in [0.1, 0.15) is 42.2 Å². The van der Waals surface area contributed by atoms with Crippen LogP contribution >= 0.6 is 0 Å². The van der Waals surface area contributed by atoms with Gasteiger partial charge in [0.15, 0.2) is 0 Å². The lowest BCUT2D eigenvalue weighted by Crippen LogP contribution is -2.38. The van der Waals surface area contributed by atoms with Crippen molar-refractivity contribution in [1.82, 2.24) is 15.2 Å². The van der Waals surface area contributed by atoms with E-state index in [2.05, 4.69) is 10.6 Å². The largest absolute Gasteiger partial charge is 0.397 e. The van der Waals surface area contributed by atoms with Gasteiger partial charge in [0.05, 0.1) is 12.2 Å². The Morgan fingerprint density at radius 1 is 1.32 bits per heavy atom. The van der Waals surface area contributed by atoms with Gasteiger partial charge in [0.1, 0.15) is 5.69 Å². The van der Waals surface area contributed by atoms with Crippen LogP contribution in [0.5, 0.6) is 0 Å². The number of hydrogen-bond acceptors (Lipinski definition) is 3. The number of nitrogens with zero attached hydrogens (tertiary/aromatic N) is 1. The van der Waals surface area contributed by atoms with Crippen molar-refractivity contribution in [2.75, 3.05) is 12.3 Å². The van der Waals surface area contributed by atoms with E-state index in [0.717, 1.165) is 25.7 Å². The number of anilines is 1. The fraction of sp³-hybridized carbons (Fsp3) is 0.538. The van der Waals surface area contributed by atoms with Gasteiger partial charge in [-0.2, -0.15) is 0 Å². The maximum absolute atomic E-state index is 12.0. The predicted molar refractivity (Wildman–Crippen MR) is 70.6 cm³/mol. The zero-order valence-corrected chi connectivity index (χ0v) is 10.7. The highest BCUT2D eigenvalue weighted by Gasteiger charge is 2.28. The maximum atomic E-state index is 12.0. The summed E-state index contributed by atoms with van der Waals surface area (Å²) < 4.78 is 1.91. The average molecular weight is 262 g/mol. The third-order valence-electron chi connectivity index (χ3n) is 3.39. The van der Waals surface area contributed by atoms with Crippen LogP contribution in [-0.2, 0) is 4.79 Å². The lowest BCUT2D eigenvalue weighted by molar-refractivity contribution is -0.120. The SMILES string of the molecule is Nc1cc(C(=O)NCC(=O)NC2CC2)n(C2CC2)c1. The normalized spacial score (nSPS) is 18.1. The van der Waals surface area contributed by atoms with Gasteiger partial charge in [0.25, 0.3) is 5.91 Å². The molecule has 0 aliphatic heterocycles. The van der Waals surface area contributed by atoms with Crippen LogP contribution in [0.3, 0.4) is 0 Å². The first kappa shape index (κ1) is 12.1. The number of rotatable bonds is 5. The molecule has 19 heavy (non-hydrogen) atoms. The second-order valence-electron chi connectivity index (χ2n) is 5.32. The maximum Gasteiger partial charge on any atom is 0.268 e. The van der Waals surface area contributed by atoms with Crippen LogP contribution in [0.15, 0.2) is 12.3 Å². The number of carbonyl (C=O) groups is 2. The van der Waals surface area contributed by atoms with E-state index in [4.69, 9.17) is 5.73 Å². The molecule has 2 fully saturated rings. The van der Waals surface area contributed by atoms with Crippen molar-refractivity contribution in [3.8, 4) is 0 Å². The van der Waals surface area contributed by atoms with E-state index in [1.807, 2.05) is 4.57 Å². The number of nitrogens with two attached hydrogens (primary N) is 1. The fourth-order valence-corrected chi connectivity index (χ4v) is 2.09. The Hall–Kier alpha value is -1.98. The Kier molecular flexibility index (Phi) is 2.93. The minimum Gasteiger partial charge on any atom is -0.397 e. The lowest BCUT2D eigenvalue weighted by Gasteiger charge is -2.08. The first-order valence-electron chi connectivity index (χ1n) is 6.68. The third kappa shape index (κ3) is 2.89. The van der Waals surface area contributed by atoms with E-state index in [9.17, 15) is 9.59 Å². The molecule has 0 spiro atoms. The molecule has 1 aromatic heterocycles. The van der Waals surface area contributed by atoms with E-state index < -0.39 is 0 Å². The number of aromatic nitrogens is 1. The molecule has 0 atom stereocenters. The Bertz CT molecular complexity index is 515. The molecular weight excluding hydrogens is 244 g/mol. The number of hydrogen-bond donors (Lipinski definition) is 3. The zero-order valence-electron chi connectivity index (χ0n) is 10.7. The molecule has 0 bridgehead atoms. The molecule has 0 aromatic carbocycles. The average Bonchev–Trinajstić information content (AvgIpc) is 3.27. The Morgan fingerprint density at radius 2 is 2.05 bits per heavy atom. The topological polar surface area (TPSA) is 89.2 Å². The third-order valence-corrected chi connectivity index (χ3v) is 3.39. The van der Waals surface area contributed by atoms with Crippen molar-refractivity contribution in [3.05, 3.63) is 18.0 Å². The number of carbonyl (C=O) groups excluding carboxylic acids is 2. The molecule has 2 saturated carbocycles. The minimum absolute atomic E-state index is 0.0189. The van der Waals surface area contributed by atoms with E-state index in [1.54, 1.807) is 12.3 Å². The summed E-state index contributed by atoms with van der Waals surface area (Å²) in [5.74, 6) is -0.372. The summed E-state index contributed by atoms with van der Waals surface area (Å²) in [6.45, 7) is 0.0189. The Morgan fingerprint density at radius 3 is 2.68 bits per heavy atom. The van der Waals surface area contributed by atoms with Crippen LogP contribution in [0.25, 0.3) is 0 Å². The quantitative estimate of drug-likeness (QED) is 0.718. The van der Waals surface area contributed by atoms with Crippen molar-refractivity contribution >= 4 is 17.5 Å². The molecule has 0 saturated heterocycles. The van der Waals surface area contributed by atoms with Crippen LogP contribution < -0.4 is 16.4 Å². The molecule has 102 valence electrons. The smallest absolute Gasteiger partial charge is 0.268 e. The highest BCUT2D eigenvalue weighted by Crippen LogP contribution is 2.37. The van der Waals surface area contributed by atoms with Crippen LogP contribution in [0, 0.1) is 0 Å². The van der Waals surface area contributed by atoms with Gasteiger partial charge in [-0.3, -0.25) is 9.59 Å². The fourth-order valence-electron chi connectivity index (χ4n) is 2.09. The molecule has 2 aliphatic rings. The molecule has 2 aliphatic carbocycles. The first-order valence-corrected chi connectivity index (χ1v) is 6.68. The molecule has 2 amide bonds. The van der Waals surface area contributed by atoms with Crippen molar-refractivity contribution in [2.24, 2.45) is 0 Å². The van der Waals surface area contributed by atoms with Crippen LogP contribution in [-0.4, -0.2) is 29.0 Å². The summed E-state index contributed by atoms with van der Waals surface area (Å²) in [7, 11) is 0. The van der Waals surface area contributed by atoms with Crippen molar-refractivity contribution in [1.29, 1.82) is 0 Å². The van der Waals surface area contributed by atoms with Gasteiger partial charge in [-0.25, -0.2) is 0 Å². The Labute approximate surface area is 111 Å². The molecule has 1 heterocycles. The van der Waals surface area contributed by atoms with Gasteiger partial charge in [-0.05, 0) is 31.7 Å². The number of nitrogens with one attached hydrogen (secondary N) is 2. The summed E-state index contributed by atoms with van der Waals surface area (Å²) in [4.78, 5) is 23.6. The van der Waals surface area contributed by atoms with Crippen molar-refractivity contribution < 1.29 is 9.59 Å². The van der Waals surface area contributed by atoms with Crippen LogP contribution in [0.4, 0.5) is 5.69 Å². The molecule has 6 heteroatoms. The summed E-state index contributed by atoms with van der Waals surface area (Å²) in [5, 5.41) is 5.47. The molecular formula is C13H18N4O2. The van der Waals surface area contributed by atoms with Crippen molar-refractivity contribution in [2.45, 2.75) is 37.8 Å².